The van der Waals surface area contributed by atoms with E-state index in [1.807, 2.05) is 0 Å². The molecule has 1 fully saturated rings. The van der Waals surface area contributed by atoms with E-state index in [0.29, 0.717) is 4.74 Å². The first-order chi connectivity index (χ1) is 12.7. The summed E-state index contributed by atoms with van der Waals surface area (Å²) < 4.78 is 36.0. The lowest BCUT2D eigenvalue weighted by atomic mass is 9.73. The zero-order valence-electron chi connectivity index (χ0n) is 14.6. The number of hydroxylamine groups is 1. The van der Waals surface area contributed by atoms with Crippen molar-refractivity contribution in [2.24, 2.45) is 22.2 Å². The van der Waals surface area contributed by atoms with E-state index in [2.05, 4.69) is 14.5 Å². The average molecular weight is 423 g/mol. The van der Waals surface area contributed by atoms with Gasteiger partial charge in [-0.1, -0.05) is 0 Å². The van der Waals surface area contributed by atoms with Gasteiger partial charge in [0.2, 0.25) is 5.91 Å². The number of guanidine groups is 2. The Bertz CT molecular complexity index is 888. The Hall–Kier alpha value is -2.40. The molecule has 0 aromatic rings. The van der Waals surface area contributed by atoms with Crippen LogP contribution >= 0.6 is 0 Å². The van der Waals surface area contributed by atoms with E-state index in [1.54, 1.807) is 0 Å². The largest absolute Gasteiger partial charge is 0.744 e. The topological polar surface area (TPSA) is 253 Å². The van der Waals surface area contributed by atoms with Crippen LogP contribution in [0.4, 0.5) is 0 Å². The van der Waals surface area contributed by atoms with Crippen LogP contribution in [0.5, 0.6) is 0 Å². The van der Waals surface area contributed by atoms with Gasteiger partial charge in [-0.3, -0.25) is 19.8 Å². The van der Waals surface area contributed by atoms with Gasteiger partial charge in [-0.05, 0) is 13.3 Å². The molecular weight excluding hydrogens is 402 g/mol. The van der Waals surface area contributed by atoms with E-state index in [1.165, 1.54) is 6.92 Å². The first-order valence-corrected chi connectivity index (χ1v) is 9.42. The molecule has 0 saturated carbocycles. The minimum Gasteiger partial charge on any atom is -0.744 e. The van der Waals surface area contributed by atoms with Crippen LogP contribution < -0.4 is 22.5 Å². The molecule has 3 aliphatic heterocycles. The summed E-state index contributed by atoms with van der Waals surface area (Å²) in [6.45, 7) is 0.747. The highest BCUT2D eigenvalue weighted by atomic mass is 32.3. The van der Waals surface area contributed by atoms with Gasteiger partial charge in [-0.25, -0.2) is 14.1 Å². The van der Waals surface area contributed by atoms with Crippen LogP contribution in [0.25, 0.3) is 0 Å². The van der Waals surface area contributed by atoms with Gasteiger partial charge < -0.3 is 32.2 Å². The number of nitrogens with zero attached hydrogens (tertiary/aromatic N) is 3. The molecule has 10 N–H and O–H groups in total. The van der Waals surface area contributed by atoms with Crippen molar-refractivity contribution in [2.45, 2.75) is 48.9 Å². The highest BCUT2D eigenvalue weighted by Crippen LogP contribution is 2.52. The standard InChI is InChI=1S/C12H21N7O8S/c1-10-5(2-3-7(13)20)19(23)9(15)18-4-6(27-28(24,25)26)11(21,22)12(10,18)17-8(14)16-10/h5-6,21-22H,2-4,15H2,1H3,(H2,13,20)(H3,14,16,17)(H,24,25,26)/t5-,6+,10?,12?/m0/s1. The van der Waals surface area contributed by atoms with Crippen molar-refractivity contribution in [3.63, 3.8) is 0 Å². The molecule has 0 radical (unpaired) electrons. The first kappa shape index (κ1) is 20.3. The second-order valence-corrected chi connectivity index (χ2v) is 8.10. The van der Waals surface area contributed by atoms with E-state index in [-0.39, 0.29) is 18.8 Å². The van der Waals surface area contributed by atoms with Crippen molar-refractivity contribution in [1.29, 1.82) is 0 Å². The molecular formula is C12H21N7O8S. The number of carbonyl (C=O) groups excluding carboxylic acids is 1. The van der Waals surface area contributed by atoms with Crippen LogP contribution in [0.2, 0.25) is 0 Å². The minimum atomic E-state index is -5.10. The van der Waals surface area contributed by atoms with E-state index in [4.69, 9.17) is 21.8 Å². The smallest absolute Gasteiger partial charge is 0.397 e. The number of hydrogen-bond acceptors (Lipinski definition) is 12. The molecule has 3 heterocycles. The summed E-state index contributed by atoms with van der Waals surface area (Å²) in [5, 5.41) is 37.3. The SMILES string of the molecule is CC12NC(N)=NC13N(C[C@@H](OS(=O)(=O)O)C3(O)O)C(N)=[N+]([O-])[C@H]2CCC(N)=O. The molecule has 3 aliphatic rings. The Morgan fingerprint density at radius 1 is 1.50 bits per heavy atom. The number of aliphatic imine (C=N–C) groups is 1. The number of aliphatic hydroxyl groups is 2. The second-order valence-electron chi connectivity index (χ2n) is 7.05. The number of primary amides is 1. The Balaban J connectivity index is 2.19. The average Bonchev–Trinajstić information content (AvgIpc) is 2.91. The predicted molar refractivity (Wildman–Crippen MR) is 91.2 cm³/mol. The van der Waals surface area contributed by atoms with Crippen LogP contribution in [0.15, 0.2) is 4.99 Å². The maximum absolute atomic E-state index is 12.8. The van der Waals surface area contributed by atoms with Gasteiger partial charge in [0.05, 0.1) is 0 Å². The molecule has 1 saturated heterocycles. The maximum atomic E-state index is 12.8. The lowest BCUT2D eigenvalue weighted by molar-refractivity contribution is -0.538. The fraction of sp³-hybridized carbons (Fsp3) is 0.750. The lowest BCUT2D eigenvalue weighted by Gasteiger charge is -2.53. The molecule has 28 heavy (non-hydrogen) atoms. The predicted octanol–water partition coefficient (Wildman–Crippen LogP) is -4.98. The third kappa shape index (κ3) is 2.49. The van der Waals surface area contributed by atoms with E-state index >= 15 is 0 Å². The van der Waals surface area contributed by atoms with Crippen LogP contribution in [-0.2, 0) is 19.4 Å². The molecule has 1 amide bonds. The van der Waals surface area contributed by atoms with Gasteiger partial charge in [0, 0.05) is 6.42 Å². The van der Waals surface area contributed by atoms with Crippen molar-refractivity contribution < 1.29 is 36.9 Å². The Morgan fingerprint density at radius 3 is 2.64 bits per heavy atom. The van der Waals surface area contributed by atoms with E-state index in [0.717, 1.165) is 4.90 Å². The Kier molecular flexibility index (Phi) is 4.21. The van der Waals surface area contributed by atoms with Gasteiger partial charge in [-0.15, -0.1) is 0 Å². The summed E-state index contributed by atoms with van der Waals surface area (Å²) in [6, 6.07) is -1.20. The summed E-state index contributed by atoms with van der Waals surface area (Å²) in [5.74, 6) is -4.62. The molecule has 0 aromatic carbocycles. The first-order valence-electron chi connectivity index (χ1n) is 8.06. The number of hydrogen-bond donors (Lipinski definition) is 7. The van der Waals surface area contributed by atoms with Crippen molar-refractivity contribution in [2.75, 3.05) is 6.54 Å². The molecule has 158 valence electrons. The third-order valence-corrected chi connectivity index (χ3v) is 5.92. The van der Waals surface area contributed by atoms with Crippen molar-refractivity contribution in [3.05, 3.63) is 5.21 Å². The molecule has 4 atom stereocenters. The quantitative estimate of drug-likeness (QED) is 0.0949. The highest BCUT2D eigenvalue weighted by Gasteiger charge is 2.82. The van der Waals surface area contributed by atoms with Crippen LogP contribution in [0, 0.1) is 5.21 Å². The van der Waals surface area contributed by atoms with Gasteiger partial charge in [0.15, 0.2) is 12.1 Å². The van der Waals surface area contributed by atoms with Gasteiger partial charge >= 0.3 is 16.4 Å². The molecule has 3 rings (SSSR count). The van der Waals surface area contributed by atoms with Gasteiger partial charge in [0.25, 0.3) is 11.4 Å². The number of carbonyl (C=O) groups is 1. The lowest BCUT2D eigenvalue weighted by Crippen LogP contribution is -2.81. The van der Waals surface area contributed by atoms with E-state index in [9.17, 15) is 28.6 Å². The summed E-state index contributed by atoms with van der Waals surface area (Å²) >= 11 is 0. The number of nitrogens with one attached hydrogen (secondary N) is 1. The number of rotatable bonds is 5. The summed E-state index contributed by atoms with van der Waals surface area (Å²) in [5.41, 5.74) is 12.9. The minimum absolute atomic E-state index is 0.151. The molecule has 1 spiro atoms. The second kappa shape index (κ2) is 5.80. The van der Waals surface area contributed by atoms with Gasteiger partial charge in [0.1, 0.15) is 18.1 Å². The molecule has 0 bridgehead atoms. The van der Waals surface area contributed by atoms with Crippen molar-refractivity contribution in [1.82, 2.24) is 10.2 Å². The Labute approximate surface area is 159 Å². The molecule has 2 unspecified atom stereocenters. The van der Waals surface area contributed by atoms with Crippen molar-refractivity contribution >= 4 is 28.2 Å². The molecule has 16 heteroatoms. The zero-order chi connectivity index (χ0) is 21.3. The zero-order valence-corrected chi connectivity index (χ0v) is 15.5. The fourth-order valence-corrected chi connectivity index (χ4v) is 4.83. The van der Waals surface area contributed by atoms with Crippen LogP contribution in [0.1, 0.15) is 19.8 Å². The molecule has 0 aromatic heterocycles. The maximum Gasteiger partial charge on any atom is 0.397 e. The summed E-state index contributed by atoms with van der Waals surface area (Å²) in [7, 11) is -5.10. The summed E-state index contributed by atoms with van der Waals surface area (Å²) in [6.07, 6.45) is -2.36. The number of amides is 1. The third-order valence-electron chi connectivity index (χ3n) is 5.45. The monoisotopic (exact) mass is 423 g/mol. The number of nitrogens with two attached hydrogens (primary N) is 3. The van der Waals surface area contributed by atoms with Gasteiger partial charge in [-0.2, -0.15) is 8.42 Å². The normalized spacial score (nSPS) is 36.6. The van der Waals surface area contributed by atoms with Crippen molar-refractivity contribution in [3.8, 4) is 0 Å². The fourth-order valence-electron chi connectivity index (χ4n) is 4.34. The summed E-state index contributed by atoms with van der Waals surface area (Å²) in [4.78, 5) is 16.2. The molecule has 0 aliphatic carbocycles. The van der Waals surface area contributed by atoms with E-state index < -0.39 is 57.9 Å². The molecule has 15 nitrogen and oxygen atoms in total. The Morgan fingerprint density at radius 2 is 2.11 bits per heavy atom. The highest BCUT2D eigenvalue weighted by molar-refractivity contribution is 7.80. The van der Waals surface area contributed by atoms with Crippen LogP contribution in [-0.4, -0.2) is 86.3 Å². The van der Waals surface area contributed by atoms with Crippen LogP contribution in [0.3, 0.4) is 0 Å².